The van der Waals surface area contributed by atoms with E-state index in [1.807, 2.05) is 6.92 Å². The topological polar surface area (TPSA) is 141 Å². The molecule has 5 fully saturated rings. The molecule has 10 heteroatoms. The van der Waals surface area contributed by atoms with E-state index in [-0.39, 0.29) is 29.1 Å². The fourth-order valence-corrected chi connectivity index (χ4v) is 10.5. The van der Waals surface area contributed by atoms with E-state index in [9.17, 15) is 24.9 Å². The average Bonchev–Trinajstić information content (AvgIpc) is 3.33. The van der Waals surface area contributed by atoms with Crippen LogP contribution in [0.15, 0.2) is 11.6 Å². The van der Waals surface area contributed by atoms with Crippen LogP contribution < -0.4 is 0 Å². The Labute approximate surface area is 286 Å². The molecular formula is C38H60O10. The zero-order chi connectivity index (χ0) is 34.4. The third-order valence-corrected chi connectivity index (χ3v) is 13.2. The van der Waals surface area contributed by atoms with Gasteiger partial charge in [0.05, 0.1) is 31.5 Å². The first kappa shape index (κ1) is 36.4. The van der Waals surface area contributed by atoms with Crippen molar-refractivity contribution in [1.82, 2.24) is 0 Å². The van der Waals surface area contributed by atoms with Gasteiger partial charge in [-0.15, -0.1) is 0 Å². The molecule has 4 aliphatic carbocycles. The largest absolute Gasteiger partial charge is 0.454 e. The molecule has 0 aromatic heterocycles. The van der Waals surface area contributed by atoms with Crippen molar-refractivity contribution < 1.29 is 48.6 Å². The van der Waals surface area contributed by atoms with Crippen molar-refractivity contribution in [1.29, 1.82) is 0 Å². The summed E-state index contributed by atoms with van der Waals surface area (Å²) in [4.78, 5) is 26.2. The molecule has 2 saturated heterocycles. The van der Waals surface area contributed by atoms with Crippen molar-refractivity contribution in [2.75, 3.05) is 13.2 Å². The molecule has 3 N–H and O–H groups in total. The molecule has 6 aliphatic rings. The van der Waals surface area contributed by atoms with E-state index >= 15 is 0 Å². The maximum absolute atomic E-state index is 13.8. The van der Waals surface area contributed by atoms with Crippen LogP contribution in [0.3, 0.4) is 0 Å². The lowest BCUT2D eigenvalue weighted by Crippen LogP contribution is -2.58. The van der Waals surface area contributed by atoms with E-state index in [0.29, 0.717) is 63.1 Å². The molecule has 0 amide bonds. The molecule has 0 spiro atoms. The van der Waals surface area contributed by atoms with Crippen LogP contribution in [0.1, 0.15) is 112 Å². The normalized spacial score (nSPS) is 45.0. The second-order valence-corrected chi connectivity index (χ2v) is 16.5. The van der Waals surface area contributed by atoms with Crippen LogP contribution in [0.4, 0.5) is 0 Å². The highest BCUT2D eigenvalue weighted by Gasteiger charge is 2.65. The molecule has 6 rings (SSSR count). The molecule has 14 atom stereocenters. The number of Topliss-reactive ketones (excluding diaryl/α,β-unsaturated/α-hetero) is 1. The molecule has 0 bridgehead atoms. The van der Waals surface area contributed by atoms with Crippen molar-refractivity contribution in [3.05, 3.63) is 11.6 Å². The number of aliphatic hydroxyl groups is 3. The van der Waals surface area contributed by atoms with Gasteiger partial charge in [0.15, 0.2) is 18.7 Å². The SMILES string of the molecule is CC(=O)OC1C(OC2CC3C4CC=C5CC(O)CC[C@]5(C)C4CCC3[C@@]2(O)[C@H](C)C(=O)CCC(C)C)OCC[C@@H]1OC1CC(O)CCO1. The van der Waals surface area contributed by atoms with Crippen LogP contribution >= 0.6 is 0 Å². The summed E-state index contributed by atoms with van der Waals surface area (Å²) >= 11 is 0. The van der Waals surface area contributed by atoms with Gasteiger partial charge in [-0.2, -0.15) is 0 Å². The summed E-state index contributed by atoms with van der Waals surface area (Å²) in [7, 11) is 0. The van der Waals surface area contributed by atoms with Gasteiger partial charge in [0, 0.05) is 32.1 Å². The van der Waals surface area contributed by atoms with E-state index in [4.69, 9.17) is 23.7 Å². The van der Waals surface area contributed by atoms with Gasteiger partial charge in [0.25, 0.3) is 0 Å². The Bertz CT molecular complexity index is 1190. The summed E-state index contributed by atoms with van der Waals surface area (Å²) in [5.74, 6) is 0.120. The number of hydrogen-bond acceptors (Lipinski definition) is 10. The minimum atomic E-state index is -1.41. The molecule has 0 aromatic rings. The standard InChI is InChI=1S/C38H60O10/c1-21(2)6-11-31(42)22(3)38(43)30-10-9-29-27(8-7-24-18-25(40)12-15-37(24,29)5)28(30)20-33(38)48-36-35(46-23(4)39)32(14-17-45-36)47-34-19-26(41)13-16-44-34/h7,21-22,25-30,32-36,40-41,43H,6,8-20H2,1-5H3/t22-,25?,26?,27?,28?,29?,30?,32+,33?,34?,35?,36?,37+,38+/m1/s1. The third-order valence-electron chi connectivity index (χ3n) is 13.2. The molecule has 2 aliphatic heterocycles. The van der Waals surface area contributed by atoms with Crippen LogP contribution in [-0.4, -0.2) is 89.0 Å². The average molecular weight is 677 g/mol. The van der Waals surface area contributed by atoms with E-state index in [0.717, 1.165) is 44.9 Å². The van der Waals surface area contributed by atoms with Gasteiger partial charge in [0.1, 0.15) is 17.5 Å². The van der Waals surface area contributed by atoms with Crippen molar-refractivity contribution >= 4 is 11.8 Å². The van der Waals surface area contributed by atoms with E-state index in [1.54, 1.807) is 0 Å². The van der Waals surface area contributed by atoms with Crippen molar-refractivity contribution in [2.45, 2.75) is 160 Å². The van der Waals surface area contributed by atoms with E-state index < -0.39 is 54.5 Å². The number of rotatable bonds is 10. The van der Waals surface area contributed by atoms with Gasteiger partial charge >= 0.3 is 5.97 Å². The van der Waals surface area contributed by atoms with Gasteiger partial charge in [-0.05, 0) is 92.8 Å². The van der Waals surface area contributed by atoms with E-state index in [1.165, 1.54) is 12.5 Å². The smallest absolute Gasteiger partial charge is 0.303 e. The maximum atomic E-state index is 13.8. The minimum absolute atomic E-state index is 0.0368. The lowest BCUT2D eigenvalue weighted by Gasteiger charge is -2.56. The molecule has 48 heavy (non-hydrogen) atoms. The first-order valence-corrected chi connectivity index (χ1v) is 18.8. The first-order chi connectivity index (χ1) is 22.8. The van der Waals surface area contributed by atoms with Crippen LogP contribution in [-0.2, 0) is 33.3 Å². The summed E-state index contributed by atoms with van der Waals surface area (Å²) < 4.78 is 30.8. The summed E-state index contributed by atoms with van der Waals surface area (Å²) in [6, 6.07) is 0. The number of esters is 1. The lowest BCUT2D eigenvalue weighted by molar-refractivity contribution is -0.309. The zero-order valence-electron chi connectivity index (χ0n) is 29.7. The van der Waals surface area contributed by atoms with Gasteiger partial charge in [-0.3, -0.25) is 9.59 Å². The number of fused-ring (bicyclic) bond motifs is 5. The highest BCUT2D eigenvalue weighted by Crippen LogP contribution is 2.64. The summed E-state index contributed by atoms with van der Waals surface area (Å²) in [6.07, 6.45) is 6.02. The van der Waals surface area contributed by atoms with Crippen LogP contribution in [0.2, 0.25) is 0 Å². The fourth-order valence-electron chi connectivity index (χ4n) is 10.5. The van der Waals surface area contributed by atoms with Gasteiger partial charge in [0.2, 0.25) is 0 Å². The third kappa shape index (κ3) is 7.06. The Morgan fingerprint density at radius 1 is 0.958 bits per heavy atom. The van der Waals surface area contributed by atoms with Crippen molar-refractivity contribution in [3.8, 4) is 0 Å². The number of aliphatic hydroxyl groups excluding tert-OH is 2. The molecule has 10 nitrogen and oxygen atoms in total. The Morgan fingerprint density at radius 3 is 2.44 bits per heavy atom. The Morgan fingerprint density at radius 2 is 1.71 bits per heavy atom. The van der Waals surface area contributed by atoms with Gasteiger partial charge < -0.3 is 39.0 Å². The molecular weight excluding hydrogens is 616 g/mol. The summed E-state index contributed by atoms with van der Waals surface area (Å²) in [6.45, 7) is 10.5. The quantitative estimate of drug-likeness (QED) is 0.217. The molecule has 0 radical (unpaired) electrons. The highest BCUT2D eigenvalue weighted by atomic mass is 16.7. The number of carbonyl (C=O) groups excluding carboxylic acids is 2. The second-order valence-electron chi connectivity index (χ2n) is 16.5. The maximum Gasteiger partial charge on any atom is 0.303 e. The predicted molar refractivity (Wildman–Crippen MR) is 176 cm³/mol. The Balaban J connectivity index is 1.28. The molecule has 0 aromatic carbocycles. The number of ketones is 1. The molecule has 3 saturated carbocycles. The van der Waals surface area contributed by atoms with Crippen LogP contribution in [0.25, 0.3) is 0 Å². The minimum Gasteiger partial charge on any atom is -0.454 e. The first-order valence-electron chi connectivity index (χ1n) is 18.8. The number of carbonyl (C=O) groups is 2. The second kappa shape index (κ2) is 14.7. The fraction of sp³-hybridized carbons (Fsp3) is 0.895. The number of ether oxygens (including phenoxy) is 5. The Kier molecular flexibility index (Phi) is 11.1. The number of hydrogen-bond donors (Lipinski definition) is 3. The lowest BCUT2D eigenvalue weighted by atomic mass is 9.49. The van der Waals surface area contributed by atoms with Gasteiger partial charge in [-0.1, -0.05) is 39.3 Å². The Hall–Kier alpha value is -1.40. The van der Waals surface area contributed by atoms with Gasteiger partial charge in [-0.25, -0.2) is 0 Å². The molecule has 10 unspecified atom stereocenters. The monoisotopic (exact) mass is 676 g/mol. The highest BCUT2D eigenvalue weighted by molar-refractivity contribution is 5.82. The van der Waals surface area contributed by atoms with E-state index in [2.05, 4.69) is 26.8 Å². The molecule has 2 heterocycles. The number of allylic oxidation sites excluding steroid dienone is 1. The van der Waals surface area contributed by atoms with Crippen LogP contribution in [0.5, 0.6) is 0 Å². The summed E-state index contributed by atoms with van der Waals surface area (Å²) in [5, 5.41) is 33.7. The zero-order valence-corrected chi connectivity index (χ0v) is 29.7. The summed E-state index contributed by atoms with van der Waals surface area (Å²) in [5.41, 5.74) is 0.0145. The van der Waals surface area contributed by atoms with Crippen molar-refractivity contribution in [3.63, 3.8) is 0 Å². The van der Waals surface area contributed by atoms with Crippen molar-refractivity contribution in [2.24, 2.45) is 40.9 Å². The molecule has 272 valence electrons. The van der Waals surface area contributed by atoms with Crippen LogP contribution in [0, 0.1) is 40.9 Å². The predicted octanol–water partition coefficient (Wildman–Crippen LogP) is 4.85.